The Labute approximate surface area is 196 Å². The SMILES string of the molecule is CCc1ccc(NC(=O)c2nn(-c3ccc(OC)cc3)c(=O)c3c2c2ccccc2n3C)cc1. The second kappa shape index (κ2) is 8.51. The molecule has 0 aliphatic heterocycles. The standard InChI is InChI=1S/C27H24N4O3/c1-4-17-9-11-18(12-10-17)28-26(32)24-23-21-7-5-6-8-22(21)30(2)25(23)27(33)31(29-24)19-13-15-20(34-3)16-14-19/h5-16H,4H2,1-3H3,(H,28,32). The molecule has 5 rings (SSSR count). The third-order valence-corrected chi connectivity index (χ3v) is 6.09. The largest absolute Gasteiger partial charge is 0.497 e. The lowest BCUT2D eigenvalue weighted by atomic mass is 10.1. The van der Waals surface area contributed by atoms with E-state index in [2.05, 4.69) is 17.3 Å². The molecule has 7 nitrogen and oxygen atoms in total. The number of nitrogens with zero attached hydrogens (tertiary/aromatic N) is 3. The number of aryl methyl sites for hydroxylation is 2. The number of fused-ring (bicyclic) bond motifs is 3. The number of rotatable bonds is 5. The van der Waals surface area contributed by atoms with E-state index >= 15 is 0 Å². The summed E-state index contributed by atoms with van der Waals surface area (Å²) >= 11 is 0. The van der Waals surface area contributed by atoms with Crippen LogP contribution in [0.2, 0.25) is 0 Å². The average molecular weight is 453 g/mol. The van der Waals surface area contributed by atoms with Gasteiger partial charge in [0.1, 0.15) is 11.3 Å². The smallest absolute Gasteiger partial charge is 0.296 e. The zero-order valence-corrected chi connectivity index (χ0v) is 19.2. The first-order valence-electron chi connectivity index (χ1n) is 11.1. The van der Waals surface area contributed by atoms with Gasteiger partial charge >= 0.3 is 0 Å². The molecule has 0 saturated carbocycles. The highest BCUT2D eigenvalue weighted by molar-refractivity contribution is 6.19. The first-order valence-corrected chi connectivity index (χ1v) is 11.1. The zero-order valence-electron chi connectivity index (χ0n) is 19.2. The lowest BCUT2D eigenvalue weighted by Gasteiger charge is -2.11. The summed E-state index contributed by atoms with van der Waals surface area (Å²) in [6.07, 6.45) is 0.916. The molecule has 0 unspecified atom stereocenters. The maximum absolute atomic E-state index is 13.6. The van der Waals surface area contributed by atoms with Gasteiger partial charge in [-0.05, 0) is 54.4 Å². The molecule has 7 heteroatoms. The van der Waals surface area contributed by atoms with Crippen LogP contribution in [0.5, 0.6) is 5.75 Å². The Balaban J connectivity index is 1.74. The highest BCUT2D eigenvalue weighted by atomic mass is 16.5. The van der Waals surface area contributed by atoms with Crippen LogP contribution in [-0.4, -0.2) is 27.4 Å². The second-order valence-corrected chi connectivity index (χ2v) is 8.07. The number of hydrogen-bond acceptors (Lipinski definition) is 4. The van der Waals surface area contributed by atoms with Crippen molar-refractivity contribution in [3.63, 3.8) is 0 Å². The Hall–Kier alpha value is -4.39. The predicted molar refractivity (Wildman–Crippen MR) is 134 cm³/mol. The van der Waals surface area contributed by atoms with Crippen LogP contribution in [0.25, 0.3) is 27.5 Å². The minimum atomic E-state index is -0.382. The molecule has 3 aromatic carbocycles. The number of methoxy groups -OCH3 is 1. The maximum atomic E-state index is 13.6. The number of carbonyl (C=O) groups is 1. The Bertz CT molecular complexity index is 1580. The summed E-state index contributed by atoms with van der Waals surface area (Å²) in [5.74, 6) is 0.281. The van der Waals surface area contributed by atoms with Crippen LogP contribution in [0.4, 0.5) is 5.69 Å². The fourth-order valence-electron chi connectivity index (χ4n) is 4.25. The fourth-order valence-corrected chi connectivity index (χ4v) is 4.25. The summed E-state index contributed by atoms with van der Waals surface area (Å²) in [7, 11) is 3.41. The third kappa shape index (κ3) is 3.51. The maximum Gasteiger partial charge on any atom is 0.296 e. The molecule has 2 aromatic heterocycles. The van der Waals surface area contributed by atoms with Gasteiger partial charge in [-0.15, -0.1) is 0 Å². The number of benzene rings is 3. The van der Waals surface area contributed by atoms with Crippen molar-refractivity contribution < 1.29 is 9.53 Å². The third-order valence-electron chi connectivity index (χ3n) is 6.09. The number of para-hydroxylation sites is 1. The highest BCUT2D eigenvalue weighted by Crippen LogP contribution is 2.29. The summed E-state index contributed by atoms with van der Waals surface area (Å²) in [6, 6.07) is 22.3. The van der Waals surface area contributed by atoms with Gasteiger partial charge in [-0.2, -0.15) is 9.78 Å². The van der Waals surface area contributed by atoms with Crippen LogP contribution >= 0.6 is 0 Å². The molecule has 0 saturated heterocycles. The van der Waals surface area contributed by atoms with E-state index in [9.17, 15) is 9.59 Å². The molecule has 0 spiro atoms. The summed E-state index contributed by atoms with van der Waals surface area (Å²) in [4.78, 5) is 27.1. The minimum absolute atomic E-state index is 0.182. The first kappa shape index (κ1) is 21.5. The lowest BCUT2D eigenvalue weighted by molar-refractivity contribution is 0.102. The van der Waals surface area contributed by atoms with Gasteiger partial charge in [0.05, 0.1) is 12.8 Å². The van der Waals surface area contributed by atoms with Crippen molar-refractivity contribution in [3.05, 3.63) is 94.4 Å². The Kier molecular flexibility index (Phi) is 5.37. The van der Waals surface area contributed by atoms with Crippen molar-refractivity contribution in [3.8, 4) is 11.4 Å². The van der Waals surface area contributed by atoms with Crippen molar-refractivity contribution in [2.45, 2.75) is 13.3 Å². The van der Waals surface area contributed by atoms with Gasteiger partial charge in [0.15, 0.2) is 5.69 Å². The van der Waals surface area contributed by atoms with Crippen LogP contribution in [0.3, 0.4) is 0 Å². The molecule has 0 fully saturated rings. The molecule has 2 heterocycles. The van der Waals surface area contributed by atoms with E-state index in [1.54, 1.807) is 31.4 Å². The normalized spacial score (nSPS) is 11.1. The van der Waals surface area contributed by atoms with Crippen LogP contribution in [-0.2, 0) is 13.5 Å². The number of anilines is 1. The second-order valence-electron chi connectivity index (χ2n) is 8.07. The molecular weight excluding hydrogens is 428 g/mol. The van der Waals surface area contributed by atoms with Gasteiger partial charge in [-0.25, -0.2) is 0 Å². The van der Waals surface area contributed by atoms with E-state index in [4.69, 9.17) is 4.74 Å². The summed E-state index contributed by atoms with van der Waals surface area (Å²) in [5.41, 5.74) is 3.53. The van der Waals surface area contributed by atoms with Crippen LogP contribution in [0.15, 0.2) is 77.6 Å². The predicted octanol–water partition coefficient (Wildman–Crippen LogP) is 4.70. The van der Waals surface area contributed by atoms with E-state index < -0.39 is 0 Å². The number of amides is 1. The fraction of sp³-hybridized carbons (Fsp3) is 0.148. The summed E-state index contributed by atoms with van der Waals surface area (Å²) in [6.45, 7) is 2.08. The quantitative estimate of drug-likeness (QED) is 0.419. The molecule has 0 aliphatic carbocycles. The van der Waals surface area contributed by atoms with Crippen LogP contribution in [0, 0.1) is 0 Å². The Morgan fingerprint density at radius 3 is 2.38 bits per heavy atom. The Morgan fingerprint density at radius 1 is 1.00 bits per heavy atom. The zero-order chi connectivity index (χ0) is 23.8. The van der Waals surface area contributed by atoms with Gasteiger partial charge in [0.25, 0.3) is 11.5 Å². The molecular formula is C27H24N4O3. The molecule has 0 atom stereocenters. The van der Waals surface area contributed by atoms with E-state index in [1.165, 1.54) is 10.2 Å². The van der Waals surface area contributed by atoms with Crippen LogP contribution in [0.1, 0.15) is 23.0 Å². The van der Waals surface area contributed by atoms with Crippen molar-refractivity contribution in [1.82, 2.24) is 14.3 Å². The first-order chi connectivity index (χ1) is 16.5. The van der Waals surface area contributed by atoms with Crippen molar-refractivity contribution in [2.75, 3.05) is 12.4 Å². The molecule has 1 amide bonds. The Morgan fingerprint density at radius 2 is 1.71 bits per heavy atom. The van der Waals surface area contributed by atoms with E-state index in [0.717, 1.165) is 17.3 Å². The molecule has 0 radical (unpaired) electrons. The molecule has 34 heavy (non-hydrogen) atoms. The minimum Gasteiger partial charge on any atom is -0.497 e. The topological polar surface area (TPSA) is 78.2 Å². The molecule has 0 aliphatic rings. The van der Waals surface area contributed by atoms with Gasteiger partial charge in [-0.1, -0.05) is 37.3 Å². The molecule has 0 bridgehead atoms. The van der Waals surface area contributed by atoms with Crippen LogP contribution < -0.4 is 15.6 Å². The van der Waals surface area contributed by atoms with Crippen molar-refractivity contribution >= 4 is 33.4 Å². The summed E-state index contributed by atoms with van der Waals surface area (Å²) in [5, 5.41) is 8.84. The van der Waals surface area contributed by atoms with Gasteiger partial charge < -0.3 is 14.6 Å². The highest BCUT2D eigenvalue weighted by Gasteiger charge is 2.23. The number of carbonyl (C=O) groups excluding carboxylic acids is 1. The molecule has 5 aromatic rings. The number of hydrogen-bond donors (Lipinski definition) is 1. The van der Waals surface area contributed by atoms with E-state index in [0.29, 0.717) is 28.0 Å². The molecule has 1 N–H and O–H groups in total. The number of ether oxygens (including phenoxy) is 1. The van der Waals surface area contributed by atoms with Gasteiger partial charge in [0.2, 0.25) is 0 Å². The van der Waals surface area contributed by atoms with Gasteiger partial charge in [0, 0.05) is 29.0 Å². The van der Waals surface area contributed by atoms with Gasteiger partial charge in [-0.3, -0.25) is 9.59 Å². The van der Waals surface area contributed by atoms with Crippen molar-refractivity contribution in [2.24, 2.45) is 7.05 Å². The number of aromatic nitrogens is 3. The molecule has 170 valence electrons. The average Bonchev–Trinajstić information content (AvgIpc) is 3.18. The van der Waals surface area contributed by atoms with Crippen molar-refractivity contribution in [1.29, 1.82) is 0 Å². The lowest BCUT2D eigenvalue weighted by Crippen LogP contribution is -2.27. The van der Waals surface area contributed by atoms with E-state index in [1.807, 2.05) is 60.1 Å². The van der Waals surface area contributed by atoms with E-state index in [-0.39, 0.29) is 17.2 Å². The number of nitrogens with one attached hydrogen (secondary N) is 1. The summed E-state index contributed by atoms with van der Waals surface area (Å²) < 4.78 is 8.33. The monoisotopic (exact) mass is 452 g/mol.